The van der Waals surface area contributed by atoms with E-state index in [4.69, 9.17) is 4.74 Å². The van der Waals surface area contributed by atoms with Gasteiger partial charge in [0.05, 0.1) is 29.0 Å². The summed E-state index contributed by atoms with van der Waals surface area (Å²) in [7, 11) is -4.12. The van der Waals surface area contributed by atoms with Gasteiger partial charge in [0.25, 0.3) is 10.0 Å². The van der Waals surface area contributed by atoms with Crippen LogP contribution in [0.1, 0.15) is 23.1 Å². The third-order valence-corrected chi connectivity index (χ3v) is 6.51. The Hall–Kier alpha value is -3.97. The molecule has 2 aromatic heterocycles. The summed E-state index contributed by atoms with van der Waals surface area (Å²) in [4.78, 5) is 4.08. The van der Waals surface area contributed by atoms with Crippen molar-refractivity contribution in [2.45, 2.75) is 17.7 Å². The minimum absolute atomic E-state index is 0.0393. The normalized spacial score (nSPS) is 13.0. The van der Waals surface area contributed by atoms with Crippen LogP contribution < -0.4 is 9.46 Å². The molecule has 0 saturated heterocycles. The zero-order chi connectivity index (χ0) is 23.0. The Morgan fingerprint density at radius 2 is 1.97 bits per heavy atom. The van der Waals surface area contributed by atoms with Crippen LogP contribution in [0.25, 0.3) is 11.0 Å². The molecule has 5 rings (SSSR count). The summed E-state index contributed by atoms with van der Waals surface area (Å²) >= 11 is 0. The molecular weight excluding hydrogens is 450 g/mol. The Morgan fingerprint density at radius 3 is 2.85 bits per heavy atom. The first-order chi connectivity index (χ1) is 15.9. The van der Waals surface area contributed by atoms with E-state index in [0.717, 1.165) is 24.1 Å². The standard InChI is InChI=1S/C23H16F2N4O3S/c24-19-6-7-20(29-33(30,31)17-4-8-21-15(11-17)2-1-9-32-21)22(25)18(19)5-3-14-10-16-13-27-28-23(16)26-12-14/h4,6-8,10-13,29H,1-2,9H2,(H,26,27,28). The lowest BCUT2D eigenvalue weighted by atomic mass is 10.1. The quantitative estimate of drug-likeness (QED) is 0.448. The van der Waals surface area contributed by atoms with Gasteiger partial charge in [-0.3, -0.25) is 9.82 Å². The zero-order valence-corrected chi connectivity index (χ0v) is 17.8. The number of aromatic nitrogens is 3. The number of nitrogens with one attached hydrogen (secondary N) is 2. The van der Waals surface area contributed by atoms with Crippen LogP contribution in [0, 0.1) is 23.5 Å². The molecule has 0 amide bonds. The van der Waals surface area contributed by atoms with Crippen molar-refractivity contribution < 1.29 is 21.9 Å². The lowest BCUT2D eigenvalue weighted by molar-refractivity contribution is 0.288. The minimum atomic E-state index is -4.12. The highest BCUT2D eigenvalue weighted by Gasteiger charge is 2.21. The number of hydrogen-bond donors (Lipinski definition) is 2. The molecule has 0 aliphatic carbocycles. The molecule has 1 aliphatic heterocycles. The predicted molar refractivity (Wildman–Crippen MR) is 117 cm³/mol. The number of nitrogens with zero attached hydrogens (tertiary/aromatic N) is 2. The molecule has 4 aromatic rings. The van der Waals surface area contributed by atoms with Crippen molar-refractivity contribution in [1.29, 1.82) is 0 Å². The number of hydrogen-bond acceptors (Lipinski definition) is 5. The molecule has 2 aromatic carbocycles. The fraction of sp³-hybridized carbons (Fsp3) is 0.130. The molecule has 1 aliphatic rings. The number of aryl methyl sites for hydroxylation is 1. The lowest BCUT2D eigenvalue weighted by Gasteiger charge is -2.18. The number of ether oxygens (including phenoxy) is 1. The summed E-state index contributed by atoms with van der Waals surface area (Å²) in [5, 5.41) is 7.25. The molecule has 33 heavy (non-hydrogen) atoms. The molecule has 10 heteroatoms. The van der Waals surface area contributed by atoms with Gasteiger partial charge in [0.2, 0.25) is 0 Å². The van der Waals surface area contributed by atoms with E-state index >= 15 is 4.39 Å². The van der Waals surface area contributed by atoms with Crippen molar-refractivity contribution >= 4 is 26.7 Å². The van der Waals surface area contributed by atoms with Crippen molar-refractivity contribution in [2.24, 2.45) is 0 Å². The van der Waals surface area contributed by atoms with Gasteiger partial charge in [0.15, 0.2) is 11.5 Å². The maximum Gasteiger partial charge on any atom is 0.262 e. The molecule has 0 spiro atoms. The summed E-state index contributed by atoms with van der Waals surface area (Å²) in [5.74, 6) is 3.71. The van der Waals surface area contributed by atoms with E-state index in [-0.39, 0.29) is 4.90 Å². The second-order valence-electron chi connectivity index (χ2n) is 7.39. The van der Waals surface area contributed by atoms with Crippen LogP contribution in [0.5, 0.6) is 5.75 Å². The Bertz CT molecular complexity index is 1560. The Labute approximate surface area is 187 Å². The van der Waals surface area contributed by atoms with Gasteiger partial charge >= 0.3 is 0 Å². The highest BCUT2D eigenvalue weighted by Crippen LogP contribution is 2.29. The summed E-state index contributed by atoms with van der Waals surface area (Å²) < 4.78 is 62.7. The van der Waals surface area contributed by atoms with Crippen LogP contribution in [0.2, 0.25) is 0 Å². The van der Waals surface area contributed by atoms with Gasteiger partial charge in [-0.2, -0.15) is 5.10 Å². The third kappa shape index (κ3) is 4.10. The average molecular weight is 466 g/mol. The van der Waals surface area contributed by atoms with E-state index < -0.39 is 32.9 Å². The molecule has 0 fully saturated rings. The van der Waals surface area contributed by atoms with Gasteiger partial charge in [-0.1, -0.05) is 11.8 Å². The number of benzene rings is 2. The highest BCUT2D eigenvalue weighted by molar-refractivity contribution is 7.92. The Morgan fingerprint density at radius 1 is 1.09 bits per heavy atom. The number of anilines is 1. The average Bonchev–Trinajstić information content (AvgIpc) is 3.28. The first kappa shape index (κ1) is 20.9. The van der Waals surface area contributed by atoms with Crippen molar-refractivity contribution in [3.63, 3.8) is 0 Å². The number of H-pyrrole nitrogens is 1. The van der Waals surface area contributed by atoms with Crippen molar-refractivity contribution in [1.82, 2.24) is 15.2 Å². The SMILES string of the molecule is O=S(=O)(Nc1ccc(F)c(C#Cc2cnc3[nH]ncc3c2)c1F)c1ccc2c(c1)CCCO2. The van der Waals surface area contributed by atoms with Crippen LogP contribution in [0.3, 0.4) is 0 Å². The van der Waals surface area contributed by atoms with Gasteiger partial charge < -0.3 is 4.74 Å². The maximum atomic E-state index is 15.0. The van der Waals surface area contributed by atoms with Crippen LogP contribution >= 0.6 is 0 Å². The van der Waals surface area contributed by atoms with Gasteiger partial charge in [-0.25, -0.2) is 22.2 Å². The largest absolute Gasteiger partial charge is 0.493 e. The molecular formula is C23H16F2N4O3S. The molecule has 0 bridgehead atoms. The summed E-state index contributed by atoms with van der Waals surface area (Å²) in [5.41, 5.74) is 0.783. The van der Waals surface area contributed by atoms with Crippen LogP contribution in [-0.4, -0.2) is 30.2 Å². The van der Waals surface area contributed by atoms with Gasteiger partial charge in [0.1, 0.15) is 11.6 Å². The number of aromatic amines is 1. The predicted octanol–water partition coefficient (Wildman–Crippen LogP) is 3.76. The fourth-order valence-electron chi connectivity index (χ4n) is 3.49. The molecule has 0 saturated carbocycles. The Kier molecular flexibility index (Phi) is 5.18. The first-order valence-corrected chi connectivity index (χ1v) is 11.5. The monoisotopic (exact) mass is 466 g/mol. The van der Waals surface area contributed by atoms with E-state index in [0.29, 0.717) is 35.4 Å². The molecule has 0 radical (unpaired) electrons. The molecule has 0 atom stereocenters. The maximum absolute atomic E-state index is 15.0. The fourth-order valence-corrected chi connectivity index (χ4v) is 4.60. The lowest BCUT2D eigenvalue weighted by Crippen LogP contribution is -2.16. The van der Waals surface area contributed by atoms with Crippen LogP contribution in [0.4, 0.5) is 14.5 Å². The van der Waals surface area contributed by atoms with Crippen molar-refractivity contribution in [3.05, 3.63) is 77.1 Å². The summed E-state index contributed by atoms with van der Waals surface area (Å²) in [6.07, 6.45) is 4.46. The van der Waals surface area contributed by atoms with E-state index in [1.807, 2.05) is 0 Å². The topological polar surface area (TPSA) is 97.0 Å². The molecule has 3 heterocycles. The van der Waals surface area contributed by atoms with E-state index in [1.165, 1.54) is 18.3 Å². The number of pyridine rings is 1. The number of fused-ring (bicyclic) bond motifs is 2. The number of rotatable bonds is 3. The van der Waals surface area contributed by atoms with E-state index in [9.17, 15) is 12.8 Å². The van der Waals surface area contributed by atoms with Crippen molar-refractivity contribution in [2.75, 3.05) is 11.3 Å². The molecule has 166 valence electrons. The second-order valence-corrected chi connectivity index (χ2v) is 9.08. The second kappa shape index (κ2) is 8.18. The number of halogens is 2. The minimum Gasteiger partial charge on any atom is -0.493 e. The summed E-state index contributed by atoms with van der Waals surface area (Å²) in [6, 6.07) is 8.11. The Balaban J connectivity index is 1.46. The first-order valence-electron chi connectivity index (χ1n) is 9.98. The third-order valence-electron chi connectivity index (χ3n) is 5.15. The van der Waals surface area contributed by atoms with Gasteiger partial charge in [-0.05, 0) is 54.8 Å². The van der Waals surface area contributed by atoms with Crippen molar-refractivity contribution in [3.8, 4) is 17.6 Å². The number of sulfonamides is 1. The van der Waals surface area contributed by atoms with Gasteiger partial charge in [-0.15, -0.1) is 0 Å². The van der Waals surface area contributed by atoms with Gasteiger partial charge in [0, 0.05) is 17.1 Å². The molecule has 0 unspecified atom stereocenters. The summed E-state index contributed by atoms with van der Waals surface area (Å²) in [6.45, 7) is 0.577. The molecule has 2 N–H and O–H groups in total. The van der Waals surface area contributed by atoms with E-state index in [2.05, 4.69) is 31.7 Å². The highest BCUT2D eigenvalue weighted by atomic mass is 32.2. The smallest absolute Gasteiger partial charge is 0.262 e. The van der Waals surface area contributed by atoms with E-state index in [1.54, 1.807) is 18.3 Å². The molecule has 7 nitrogen and oxygen atoms in total. The zero-order valence-electron chi connectivity index (χ0n) is 17.0. The van der Waals surface area contributed by atoms with Crippen LogP contribution in [0.15, 0.2) is 53.7 Å². The van der Waals surface area contributed by atoms with Crippen LogP contribution in [-0.2, 0) is 16.4 Å².